The van der Waals surface area contributed by atoms with E-state index in [0.717, 1.165) is 128 Å². The van der Waals surface area contributed by atoms with E-state index in [4.69, 9.17) is 18.9 Å². The quantitative estimate of drug-likeness (QED) is 0.0417. The number of fused-ring (bicyclic) bond motifs is 4. The van der Waals surface area contributed by atoms with Gasteiger partial charge in [-0.05, 0) is 183 Å². The van der Waals surface area contributed by atoms with Crippen molar-refractivity contribution >= 4 is 67.0 Å². The molecule has 0 amide bonds. The van der Waals surface area contributed by atoms with E-state index < -0.39 is 23.9 Å². The van der Waals surface area contributed by atoms with Crippen LogP contribution in [0.25, 0.3) is 43.1 Å². The van der Waals surface area contributed by atoms with E-state index in [-0.39, 0.29) is 33.1 Å². The minimum absolute atomic E-state index is 0.245. The van der Waals surface area contributed by atoms with Gasteiger partial charge in [-0.3, -0.25) is 0 Å². The average Bonchev–Trinajstić information content (AvgIpc) is 3.29. The van der Waals surface area contributed by atoms with Crippen LogP contribution in [0.4, 0.5) is 0 Å². The summed E-state index contributed by atoms with van der Waals surface area (Å²) in [5.41, 5.74) is 4.72. The molecule has 0 bridgehead atoms. The zero-order chi connectivity index (χ0) is 48.7. The maximum atomic E-state index is 14.0. The highest BCUT2D eigenvalue weighted by molar-refractivity contribution is 6.21. The fourth-order valence-electron chi connectivity index (χ4n) is 8.99. The minimum Gasteiger partial charge on any atom is -0.465 e. The van der Waals surface area contributed by atoms with Crippen LogP contribution in [0, 0.1) is 34.5 Å². The van der Waals surface area contributed by atoms with E-state index in [1.807, 2.05) is 0 Å². The number of carbonyl (C=O) groups excluding carboxylic acids is 4. The van der Waals surface area contributed by atoms with Crippen molar-refractivity contribution in [1.82, 2.24) is 0 Å². The summed E-state index contributed by atoms with van der Waals surface area (Å²) in [7, 11) is 5.40. The normalized spacial score (nSPS) is 11.6. The molecule has 0 aliphatic rings. The van der Waals surface area contributed by atoms with Crippen LogP contribution in [0.15, 0.2) is 24.3 Å². The van der Waals surface area contributed by atoms with Crippen molar-refractivity contribution in [3.05, 3.63) is 79.9 Å². The molecule has 0 saturated carbocycles. The summed E-state index contributed by atoms with van der Waals surface area (Å²) in [6.45, 7) is 20.9. The maximum Gasteiger partial charge on any atom is 0.339 e. The van der Waals surface area contributed by atoms with Gasteiger partial charge >= 0.3 is 23.9 Å². The first-order valence-electron chi connectivity index (χ1n) is 23.8. The first-order valence-corrected chi connectivity index (χ1v) is 23.8. The molecule has 8 nitrogen and oxygen atoms in total. The summed E-state index contributed by atoms with van der Waals surface area (Å²) in [4.78, 5) is 56.1. The summed E-state index contributed by atoms with van der Waals surface area (Å²) in [5.74, 6) is 12.1. The molecular formula is C58H70O8. The Kier molecular flexibility index (Phi) is 16.8. The number of benzene rings is 5. The Balaban J connectivity index is 2.30. The number of esters is 4. The van der Waals surface area contributed by atoms with E-state index in [1.165, 1.54) is 28.4 Å². The molecule has 0 heterocycles. The van der Waals surface area contributed by atoms with Crippen LogP contribution >= 0.6 is 0 Å². The molecule has 5 aromatic carbocycles. The number of aryl methyl sites for hydroxylation is 4. The van der Waals surface area contributed by atoms with Gasteiger partial charge in [0.1, 0.15) is 0 Å². The number of carbonyl (C=O) groups is 4. The second-order valence-electron chi connectivity index (χ2n) is 19.4. The van der Waals surface area contributed by atoms with Gasteiger partial charge in [0, 0.05) is 22.0 Å². The van der Waals surface area contributed by atoms with Gasteiger partial charge in [0.15, 0.2) is 0 Å². The first-order chi connectivity index (χ1) is 31.4. The zero-order valence-corrected chi connectivity index (χ0v) is 42.1. The highest BCUT2D eigenvalue weighted by Crippen LogP contribution is 2.44. The van der Waals surface area contributed by atoms with Crippen molar-refractivity contribution in [2.45, 2.75) is 146 Å². The predicted octanol–water partition coefficient (Wildman–Crippen LogP) is 13.6. The number of hydrogen-bond acceptors (Lipinski definition) is 8. The van der Waals surface area contributed by atoms with Crippen molar-refractivity contribution in [3.8, 4) is 23.7 Å². The Morgan fingerprint density at radius 1 is 0.394 bits per heavy atom. The number of rotatable bonds is 16. The lowest BCUT2D eigenvalue weighted by atomic mass is 9.80. The Labute approximate surface area is 392 Å². The first kappa shape index (κ1) is 51.1. The lowest BCUT2D eigenvalue weighted by Crippen LogP contribution is -2.19. The fraction of sp³-hybridized carbons (Fsp3) is 0.483. The van der Waals surface area contributed by atoms with Gasteiger partial charge in [0.25, 0.3) is 0 Å². The van der Waals surface area contributed by atoms with E-state index >= 15 is 0 Å². The van der Waals surface area contributed by atoms with Crippen LogP contribution in [0.3, 0.4) is 0 Å². The van der Waals surface area contributed by atoms with Gasteiger partial charge in [0.05, 0.1) is 50.7 Å². The van der Waals surface area contributed by atoms with Gasteiger partial charge < -0.3 is 18.9 Å². The zero-order valence-electron chi connectivity index (χ0n) is 42.1. The van der Waals surface area contributed by atoms with Crippen LogP contribution in [-0.4, -0.2) is 52.3 Å². The molecule has 0 unspecified atom stereocenters. The Hall–Kier alpha value is -5.86. The molecule has 66 heavy (non-hydrogen) atoms. The van der Waals surface area contributed by atoms with Gasteiger partial charge in [-0.1, -0.05) is 77.1 Å². The number of ether oxygens (including phenoxy) is 4. The Morgan fingerprint density at radius 3 is 0.773 bits per heavy atom. The third kappa shape index (κ3) is 10.5. The van der Waals surface area contributed by atoms with Crippen molar-refractivity contribution < 1.29 is 38.1 Å². The Bertz CT molecular complexity index is 2490. The van der Waals surface area contributed by atoms with Crippen LogP contribution in [0.2, 0.25) is 0 Å². The molecule has 8 heteroatoms. The SMILES string of the molecule is CCCCc1c(C(=O)OC)c(C(=O)OC)c(CCCC)c2cc3c(C#CC(C)(C)C)c4cc5c(CCCC)c(C(=O)OC)c(C(=O)OC)c(CCCC)c5cc4c(C#CC(C)(C)C)c3cc12. The Morgan fingerprint density at radius 2 is 0.606 bits per heavy atom. The molecule has 0 radical (unpaired) electrons. The minimum atomic E-state index is -0.582. The fourth-order valence-corrected chi connectivity index (χ4v) is 8.99. The van der Waals surface area contributed by atoms with Crippen molar-refractivity contribution in [1.29, 1.82) is 0 Å². The molecule has 0 atom stereocenters. The number of methoxy groups -OCH3 is 4. The van der Waals surface area contributed by atoms with Crippen LogP contribution in [-0.2, 0) is 44.6 Å². The van der Waals surface area contributed by atoms with E-state index in [2.05, 4.69) is 117 Å². The van der Waals surface area contributed by atoms with Crippen LogP contribution in [0.1, 0.15) is 195 Å². The van der Waals surface area contributed by atoms with Crippen molar-refractivity contribution in [2.75, 3.05) is 28.4 Å². The highest BCUT2D eigenvalue weighted by atomic mass is 16.5. The number of unbranched alkanes of at least 4 members (excludes halogenated alkanes) is 4. The summed E-state index contributed by atoms with van der Waals surface area (Å²) < 4.78 is 21.8. The average molecular weight is 895 g/mol. The topological polar surface area (TPSA) is 105 Å². The molecule has 0 N–H and O–H groups in total. The van der Waals surface area contributed by atoms with E-state index in [9.17, 15) is 19.2 Å². The second kappa shape index (κ2) is 21.6. The number of hydrogen-bond donors (Lipinski definition) is 0. The third-order valence-corrected chi connectivity index (χ3v) is 12.2. The van der Waals surface area contributed by atoms with E-state index in [1.54, 1.807) is 0 Å². The summed E-state index contributed by atoms with van der Waals surface area (Å²) in [5, 5.41) is 6.82. The molecule has 0 aliphatic carbocycles. The molecule has 0 aliphatic heterocycles. The lowest BCUT2D eigenvalue weighted by Gasteiger charge is -2.23. The smallest absolute Gasteiger partial charge is 0.339 e. The molecule has 0 fully saturated rings. The standard InChI is InChI=1S/C58H70O8/c1-15-19-23-37-45-31-41-35(27-29-57(5,6)7)43-33-47-39(25-21-17-3)51(55(61)65-13)52(56(62)66-14)40(26-22-18-4)48(47)34-44(43)36(28-30-58(8,9)10)42(41)32-46(45)38(24-20-16-2)50(54(60)64-12)49(37)53(59)63-11/h31-34H,15-26H2,1-14H3. The van der Waals surface area contributed by atoms with Gasteiger partial charge in [-0.25, -0.2) is 19.2 Å². The molecule has 5 aromatic rings. The van der Waals surface area contributed by atoms with Crippen LogP contribution in [0.5, 0.6) is 0 Å². The molecule has 0 spiro atoms. The van der Waals surface area contributed by atoms with Gasteiger partial charge in [-0.15, -0.1) is 0 Å². The van der Waals surface area contributed by atoms with Gasteiger partial charge in [-0.2, -0.15) is 0 Å². The molecule has 5 rings (SSSR count). The van der Waals surface area contributed by atoms with Crippen LogP contribution < -0.4 is 0 Å². The molecule has 0 aromatic heterocycles. The summed E-state index contributed by atoms with van der Waals surface area (Å²) in [6, 6.07) is 8.62. The third-order valence-electron chi connectivity index (χ3n) is 12.2. The predicted molar refractivity (Wildman–Crippen MR) is 269 cm³/mol. The second-order valence-corrected chi connectivity index (χ2v) is 19.4. The summed E-state index contributed by atoms with van der Waals surface area (Å²) >= 11 is 0. The van der Waals surface area contributed by atoms with E-state index in [0.29, 0.717) is 25.7 Å². The monoisotopic (exact) mass is 895 g/mol. The van der Waals surface area contributed by atoms with Crippen molar-refractivity contribution in [3.63, 3.8) is 0 Å². The maximum absolute atomic E-state index is 14.0. The summed E-state index contributed by atoms with van der Waals surface area (Å²) in [6.07, 6.45) is 8.63. The highest BCUT2D eigenvalue weighted by Gasteiger charge is 2.32. The molecule has 350 valence electrons. The van der Waals surface area contributed by atoms with Gasteiger partial charge in [0.2, 0.25) is 0 Å². The molecule has 0 saturated heterocycles. The lowest BCUT2D eigenvalue weighted by molar-refractivity contribution is 0.0553. The largest absolute Gasteiger partial charge is 0.465 e. The van der Waals surface area contributed by atoms with Crippen molar-refractivity contribution in [2.24, 2.45) is 10.8 Å². The molecular weight excluding hydrogens is 825 g/mol.